The molecule has 0 saturated heterocycles. The molecule has 1 aliphatic rings. The fourth-order valence-corrected chi connectivity index (χ4v) is 6.02. The summed E-state index contributed by atoms with van der Waals surface area (Å²) in [5.41, 5.74) is 7.87. The van der Waals surface area contributed by atoms with Gasteiger partial charge >= 0.3 is 156 Å². The van der Waals surface area contributed by atoms with Crippen LogP contribution in [0, 0.1) is 0 Å². The van der Waals surface area contributed by atoms with Gasteiger partial charge < -0.3 is 0 Å². The van der Waals surface area contributed by atoms with Crippen LogP contribution in [0.3, 0.4) is 0 Å². The average molecular weight is 445 g/mol. The summed E-state index contributed by atoms with van der Waals surface area (Å²) in [4.78, 5) is 12.9. The molecule has 0 spiro atoms. The van der Waals surface area contributed by atoms with Crippen LogP contribution in [0.15, 0.2) is 72.8 Å². The zero-order valence-electron chi connectivity index (χ0n) is 13.0. The van der Waals surface area contributed by atoms with Gasteiger partial charge in [-0.2, -0.15) is 0 Å². The van der Waals surface area contributed by atoms with Gasteiger partial charge in [0.25, 0.3) is 0 Å². The molecule has 0 aliphatic carbocycles. The zero-order valence-corrected chi connectivity index (χ0v) is 16.8. The Labute approximate surface area is 155 Å². The van der Waals surface area contributed by atoms with Gasteiger partial charge in [-0.15, -0.1) is 0 Å². The second-order valence-corrected chi connectivity index (χ2v) is 8.87. The summed E-state index contributed by atoms with van der Waals surface area (Å²) in [5.74, 6) is 0.0492. The second-order valence-electron chi connectivity index (χ2n) is 5.39. The van der Waals surface area contributed by atoms with Crippen molar-refractivity contribution in [3.05, 3.63) is 83.9 Å². The van der Waals surface area contributed by atoms with E-state index in [1.165, 1.54) is 8.92 Å². The van der Waals surface area contributed by atoms with Crippen LogP contribution in [-0.4, -0.2) is 41.7 Å². The Morgan fingerprint density at radius 1 is 0.833 bits per heavy atom. The molecule has 4 rings (SSSR count). The van der Waals surface area contributed by atoms with E-state index >= 15 is 0 Å². The van der Waals surface area contributed by atoms with Crippen LogP contribution in [0.25, 0.3) is 0 Å². The van der Waals surface area contributed by atoms with Crippen LogP contribution in [0.5, 0.6) is 0 Å². The SMILES string of the molecule is C=[Se]1c2ccccc2Nc2c(C(=O)c3ccccc3)cccc21.[SeH2]. The molecule has 1 unspecified atom stereocenters. The molecule has 1 N–H and O–H groups in total. The van der Waals surface area contributed by atoms with Gasteiger partial charge in [-0.05, 0) is 0 Å². The number of benzene rings is 3. The van der Waals surface area contributed by atoms with E-state index in [0.29, 0.717) is 5.56 Å². The molecule has 0 saturated carbocycles. The first-order valence-electron chi connectivity index (χ1n) is 7.38. The van der Waals surface area contributed by atoms with E-state index in [2.05, 4.69) is 28.9 Å². The fraction of sp³-hybridized carbons (Fsp3) is 0. The van der Waals surface area contributed by atoms with E-state index in [1.807, 2.05) is 54.6 Å². The predicted molar refractivity (Wildman–Crippen MR) is 107 cm³/mol. The van der Waals surface area contributed by atoms with E-state index in [0.717, 1.165) is 16.9 Å². The normalized spacial score (nSPS) is 14.6. The van der Waals surface area contributed by atoms with Gasteiger partial charge in [0, 0.05) is 0 Å². The molecule has 1 heterocycles. The molecule has 0 bridgehead atoms. The van der Waals surface area contributed by atoms with E-state index in [9.17, 15) is 4.79 Å². The van der Waals surface area contributed by atoms with Crippen molar-refractivity contribution in [2.45, 2.75) is 0 Å². The first kappa shape index (κ1) is 16.9. The van der Waals surface area contributed by atoms with Crippen molar-refractivity contribution in [1.29, 1.82) is 0 Å². The molecule has 3 aromatic rings. The van der Waals surface area contributed by atoms with Crippen molar-refractivity contribution < 1.29 is 4.79 Å². The summed E-state index contributed by atoms with van der Waals surface area (Å²) in [7, 11) is 0. The zero-order chi connectivity index (χ0) is 15.8. The van der Waals surface area contributed by atoms with Crippen LogP contribution in [-0.2, 0) is 0 Å². The number of carbonyl (C=O) groups is 1. The molecule has 1 atom stereocenters. The number of hydrogen-bond acceptors (Lipinski definition) is 2. The van der Waals surface area contributed by atoms with Crippen LogP contribution in [0.1, 0.15) is 15.9 Å². The molecule has 3 aromatic carbocycles. The average Bonchev–Trinajstić information content (AvgIpc) is 2.62. The molecular weight excluding hydrogens is 428 g/mol. The van der Waals surface area contributed by atoms with Crippen molar-refractivity contribution in [2.24, 2.45) is 0 Å². The third-order valence-electron chi connectivity index (χ3n) is 3.98. The maximum atomic E-state index is 12.9. The molecular formula is C20H17NOSe2. The van der Waals surface area contributed by atoms with Crippen LogP contribution < -0.4 is 14.2 Å². The van der Waals surface area contributed by atoms with E-state index in [4.69, 9.17) is 0 Å². The van der Waals surface area contributed by atoms with Crippen LogP contribution >= 0.6 is 0 Å². The van der Waals surface area contributed by atoms with E-state index in [1.54, 1.807) is 0 Å². The van der Waals surface area contributed by atoms with Crippen LogP contribution in [0.2, 0.25) is 0 Å². The van der Waals surface area contributed by atoms with Gasteiger partial charge in [-0.1, -0.05) is 0 Å². The predicted octanol–water partition coefficient (Wildman–Crippen LogP) is 1.68. The number of nitrogens with one attached hydrogen (secondary N) is 1. The summed E-state index contributed by atoms with van der Waals surface area (Å²) in [6.45, 7) is 0. The summed E-state index contributed by atoms with van der Waals surface area (Å²) in [6.07, 6.45) is 0. The molecule has 1 aliphatic heterocycles. The van der Waals surface area contributed by atoms with Gasteiger partial charge in [0.15, 0.2) is 0 Å². The van der Waals surface area contributed by atoms with Crippen LogP contribution in [0.4, 0.5) is 11.4 Å². The minimum absolute atomic E-state index is 0. The summed E-state index contributed by atoms with van der Waals surface area (Å²) in [6, 6.07) is 23.6. The number of fused-ring (bicyclic) bond motifs is 2. The molecule has 24 heavy (non-hydrogen) atoms. The van der Waals surface area contributed by atoms with Crippen molar-refractivity contribution in [1.82, 2.24) is 0 Å². The summed E-state index contributed by atoms with van der Waals surface area (Å²) < 4.78 is 2.47. The monoisotopic (exact) mass is 447 g/mol. The quantitative estimate of drug-likeness (QED) is 0.376. The Kier molecular flexibility index (Phi) is 4.84. The molecule has 4 heteroatoms. The van der Waals surface area contributed by atoms with Gasteiger partial charge in [-0.3, -0.25) is 0 Å². The third kappa shape index (κ3) is 2.79. The van der Waals surface area contributed by atoms with Gasteiger partial charge in [0.05, 0.1) is 0 Å². The van der Waals surface area contributed by atoms with Crippen molar-refractivity contribution in [3.8, 4) is 0 Å². The van der Waals surface area contributed by atoms with Gasteiger partial charge in [0.2, 0.25) is 0 Å². The number of ketones is 1. The van der Waals surface area contributed by atoms with Crippen molar-refractivity contribution >= 4 is 62.0 Å². The van der Waals surface area contributed by atoms with Gasteiger partial charge in [-0.25, -0.2) is 0 Å². The first-order chi connectivity index (χ1) is 11.3. The first-order valence-corrected chi connectivity index (χ1v) is 10.3. The topological polar surface area (TPSA) is 29.1 Å². The Hall–Kier alpha value is -1.96. The summed E-state index contributed by atoms with van der Waals surface area (Å²) in [5, 5.41) is 3.46. The second kappa shape index (κ2) is 6.88. The Morgan fingerprint density at radius 3 is 2.29 bits per heavy atom. The molecule has 0 radical (unpaired) electrons. The van der Waals surface area contributed by atoms with E-state index in [-0.39, 0.29) is 22.9 Å². The van der Waals surface area contributed by atoms with Gasteiger partial charge in [0.1, 0.15) is 0 Å². The molecule has 120 valence electrons. The van der Waals surface area contributed by atoms with E-state index < -0.39 is 13.5 Å². The molecule has 0 fully saturated rings. The number of hydrogen-bond donors (Lipinski definition) is 1. The Morgan fingerprint density at radius 2 is 1.50 bits per heavy atom. The number of anilines is 2. The maximum absolute atomic E-state index is 12.9. The number of para-hydroxylation sites is 2. The Bertz CT molecular complexity index is 935. The van der Waals surface area contributed by atoms with Crippen molar-refractivity contribution in [2.75, 3.05) is 5.32 Å². The molecule has 0 amide bonds. The number of rotatable bonds is 2. The Balaban J connectivity index is 0.00000169. The fourth-order valence-electron chi connectivity index (χ4n) is 2.84. The molecule has 0 aromatic heterocycles. The molecule has 2 nitrogen and oxygen atoms in total. The minimum atomic E-state index is -1.36. The third-order valence-corrected chi connectivity index (χ3v) is 7.67. The van der Waals surface area contributed by atoms with Crippen molar-refractivity contribution in [3.63, 3.8) is 0 Å². The standard InChI is InChI=1S/C20H15NOSe.H2Se/c1-23-17-12-6-5-11-16(17)21-19-15(10-7-13-18(19)23)20(22)14-8-3-2-4-9-14;/h2-13,21H,1H2;1H2. The summed E-state index contributed by atoms with van der Waals surface area (Å²) >= 11 is -1.36. The number of carbonyl (C=O) groups excluding carboxylic acids is 1.